The lowest BCUT2D eigenvalue weighted by Gasteiger charge is -2.30. The van der Waals surface area contributed by atoms with Gasteiger partial charge in [0.2, 0.25) is 0 Å². The van der Waals surface area contributed by atoms with Crippen molar-refractivity contribution in [3.8, 4) is 0 Å². The van der Waals surface area contributed by atoms with E-state index in [0.717, 1.165) is 54.1 Å². The summed E-state index contributed by atoms with van der Waals surface area (Å²) in [4.78, 5) is 14.1. The SMILES string of the molecule is Cc1nn(Cc2ccc(F)cc2)c2c1CCN(C(=O)OC(C)(C)C)C2.Cc1nn(Cc2ccc(F)cc2)c2c1CCNC2.Cl. The maximum absolute atomic E-state index is 13.1. The molecule has 1 amide bonds. The summed E-state index contributed by atoms with van der Waals surface area (Å²) in [6, 6.07) is 13.0. The van der Waals surface area contributed by atoms with Crippen molar-refractivity contribution >= 4 is 18.5 Å². The molecule has 2 aromatic heterocycles. The van der Waals surface area contributed by atoms with Crippen LogP contribution in [0, 0.1) is 25.5 Å². The molecule has 0 aliphatic carbocycles. The van der Waals surface area contributed by atoms with Crippen LogP contribution in [0.25, 0.3) is 0 Å². The van der Waals surface area contributed by atoms with Gasteiger partial charge >= 0.3 is 6.09 Å². The second-order valence-corrected chi connectivity index (χ2v) is 12.2. The topological polar surface area (TPSA) is 77.2 Å². The highest BCUT2D eigenvalue weighted by molar-refractivity contribution is 5.85. The third kappa shape index (κ3) is 8.04. The van der Waals surface area contributed by atoms with Crippen LogP contribution < -0.4 is 5.32 Å². The van der Waals surface area contributed by atoms with Gasteiger partial charge in [-0.15, -0.1) is 12.4 Å². The number of aromatic nitrogens is 4. The Morgan fingerprint density at radius 2 is 1.34 bits per heavy atom. The van der Waals surface area contributed by atoms with Crippen LogP contribution in [0.5, 0.6) is 0 Å². The Balaban J connectivity index is 0.000000206. The summed E-state index contributed by atoms with van der Waals surface area (Å²) in [5.74, 6) is -0.447. The molecule has 2 aliphatic heterocycles. The molecule has 0 saturated carbocycles. The van der Waals surface area contributed by atoms with Gasteiger partial charge in [-0.05, 0) is 101 Å². The second-order valence-electron chi connectivity index (χ2n) is 12.2. The van der Waals surface area contributed by atoms with Gasteiger partial charge < -0.3 is 15.0 Å². The number of amides is 1. The molecule has 4 aromatic rings. The van der Waals surface area contributed by atoms with Crippen molar-refractivity contribution in [2.75, 3.05) is 13.1 Å². The van der Waals surface area contributed by atoms with Gasteiger partial charge in [-0.3, -0.25) is 9.36 Å². The van der Waals surface area contributed by atoms with Crippen LogP contribution in [0.1, 0.15) is 65.8 Å². The molecule has 0 fully saturated rings. The molecule has 0 atom stereocenters. The second kappa shape index (κ2) is 13.9. The molecule has 0 unspecified atom stereocenters. The number of hydrogen-bond donors (Lipinski definition) is 1. The monoisotopic (exact) mass is 626 g/mol. The fourth-order valence-electron chi connectivity index (χ4n) is 5.55. The Kier molecular flexibility index (Phi) is 10.5. The van der Waals surface area contributed by atoms with E-state index in [9.17, 15) is 13.6 Å². The predicted octanol–water partition coefficient (Wildman–Crippen LogP) is 6.12. The smallest absolute Gasteiger partial charge is 0.410 e. The number of carbonyl (C=O) groups excluding carboxylic acids is 1. The van der Waals surface area contributed by atoms with Crippen molar-refractivity contribution in [1.82, 2.24) is 29.8 Å². The maximum atomic E-state index is 13.1. The molecule has 1 N–H and O–H groups in total. The van der Waals surface area contributed by atoms with Gasteiger partial charge in [0.05, 0.1) is 42.4 Å². The van der Waals surface area contributed by atoms with Crippen molar-refractivity contribution in [1.29, 1.82) is 0 Å². The highest BCUT2D eigenvalue weighted by Crippen LogP contribution is 2.25. The highest BCUT2D eigenvalue weighted by atomic mass is 35.5. The Hall–Kier alpha value is -3.76. The summed E-state index contributed by atoms with van der Waals surface area (Å²) in [6.45, 7) is 13.9. The number of rotatable bonds is 4. The lowest BCUT2D eigenvalue weighted by molar-refractivity contribution is 0.0219. The van der Waals surface area contributed by atoms with Crippen molar-refractivity contribution in [3.63, 3.8) is 0 Å². The third-order valence-corrected chi connectivity index (χ3v) is 7.69. The van der Waals surface area contributed by atoms with E-state index in [2.05, 4.69) is 22.4 Å². The summed E-state index contributed by atoms with van der Waals surface area (Å²) in [5.41, 5.74) is 8.50. The van der Waals surface area contributed by atoms with Crippen molar-refractivity contribution in [2.24, 2.45) is 0 Å². The standard InChI is InChI=1S/C19H24FN3O2.C14H16FN3.ClH/c1-13-16-9-10-22(18(24)25-19(2,3)4)12-17(16)23(21-13)11-14-5-7-15(20)8-6-14;1-10-13-6-7-16-8-14(13)18(17-10)9-11-2-4-12(15)5-3-11;/h5-8H,9-12H2,1-4H3;2-5,16H,6-9H2,1H3;1H. The first-order chi connectivity index (χ1) is 20.5. The number of fused-ring (bicyclic) bond motifs is 2. The van der Waals surface area contributed by atoms with Crippen LogP contribution in [-0.4, -0.2) is 49.2 Å². The zero-order chi connectivity index (χ0) is 30.7. The molecule has 0 radical (unpaired) electrons. The van der Waals surface area contributed by atoms with Crippen LogP contribution in [0.4, 0.5) is 13.6 Å². The molecule has 0 saturated heterocycles. The first kappa shape index (κ1) is 33.1. The molecule has 0 spiro atoms. The van der Waals surface area contributed by atoms with E-state index < -0.39 is 5.60 Å². The normalized spacial score (nSPS) is 14.1. The highest BCUT2D eigenvalue weighted by Gasteiger charge is 2.29. The van der Waals surface area contributed by atoms with Crippen LogP contribution >= 0.6 is 12.4 Å². The van der Waals surface area contributed by atoms with Crippen LogP contribution in [0.2, 0.25) is 0 Å². The fraction of sp³-hybridized carbons (Fsp3) is 0.424. The average Bonchev–Trinajstić information content (AvgIpc) is 3.45. The number of benzene rings is 2. The van der Waals surface area contributed by atoms with E-state index in [1.807, 2.05) is 49.2 Å². The molecule has 2 aliphatic rings. The lowest BCUT2D eigenvalue weighted by atomic mass is 10.1. The van der Waals surface area contributed by atoms with E-state index in [-0.39, 0.29) is 30.1 Å². The molecular weight excluding hydrogens is 586 g/mol. The van der Waals surface area contributed by atoms with Crippen LogP contribution in [0.15, 0.2) is 48.5 Å². The van der Waals surface area contributed by atoms with Crippen molar-refractivity contribution < 1.29 is 18.3 Å². The molecule has 4 heterocycles. The number of halogens is 3. The summed E-state index contributed by atoms with van der Waals surface area (Å²) in [5, 5.41) is 12.6. The van der Waals surface area contributed by atoms with E-state index in [1.165, 1.54) is 41.1 Å². The third-order valence-electron chi connectivity index (χ3n) is 7.69. The Labute approximate surface area is 263 Å². The van der Waals surface area contributed by atoms with Gasteiger partial charge in [-0.2, -0.15) is 10.2 Å². The Bertz CT molecular complexity index is 1580. The van der Waals surface area contributed by atoms with Gasteiger partial charge in [0, 0.05) is 13.1 Å². The number of carbonyl (C=O) groups is 1. The number of aryl methyl sites for hydroxylation is 2. The zero-order valence-corrected chi connectivity index (χ0v) is 26.8. The minimum atomic E-state index is -0.512. The summed E-state index contributed by atoms with van der Waals surface area (Å²) in [6.07, 6.45) is 1.51. The first-order valence-electron chi connectivity index (χ1n) is 14.7. The minimum Gasteiger partial charge on any atom is -0.444 e. The van der Waals surface area contributed by atoms with E-state index in [0.29, 0.717) is 26.2 Å². The van der Waals surface area contributed by atoms with E-state index in [4.69, 9.17) is 4.74 Å². The molecule has 236 valence electrons. The largest absolute Gasteiger partial charge is 0.444 e. The van der Waals surface area contributed by atoms with E-state index >= 15 is 0 Å². The van der Waals surface area contributed by atoms with Crippen LogP contribution in [0.3, 0.4) is 0 Å². The molecule has 0 bridgehead atoms. The quantitative estimate of drug-likeness (QED) is 0.295. The van der Waals surface area contributed by atoms with Crippen LogP contribution in [-0.2, 0) is 43.8 Å². The van der Waals surface area contributed by atoms with E-state index in [1.54, 1.807) is 17.0 Å². The molecule has 8 nitrogen and oxygen atoms in total. The molecule has 2 aromatic carbocycles. The van der Waals surface area contributed by atoms with Gasteiger partial charge in [0.1, 0.15) is 17.2 Å². The predicted molar refractivity (Wildman–Crippen MR) is 168 cm³/mol. The number of nitrogens with one attached hydrogen (secondary N) is 1. The lowest BCUT2D eigenvalue weighted by Crippen LogP contribution is -2.40. The zero-order valence-electron chi connectivity index (χ0n) is 26.0. The molecular formula is C33H41ClF2N6O2. The minimum absolute atomic E-state index is 0. The van der Waals surface area contributed by atoms with Crippen molar-refractivity contribution in [2.45, 2.75) is 79.2 Å². The van der Waals surface area contributed by atoms with Crippen molar-refractivity contribution in [3.05, 3.63) is 105 Å². The number of hydrogen-bond acceptors (Lipinski definition) is 5. The molecule has 44 heavy (non-hydrogen) atoms. The molecule has 6 rings (SSSR count). The average molecular weight is 627 g/mol. The van der Waals surface area contributed by atoms with Gasteiger partial charge in [0.25, 0.3) is 0 Å². The van der Waals surface area contributed by atoms with Gasteiger partial charge in [-0.1, -0.05) is 24.3 Å². The fourth-order valence-corrected chi connectivity index (χ4v) is 5.55. The van der Waals surface area contributed by atoms with Gasteiger partial charge in [0.15, 0.2) is 0 Å². The number of nitrogens with zero attached hydrogens (tertiary/aromatic N) is 5. The summed E-state index contributed by atoms with van der Waals surface area (Å²) in [7, 11) is 0. The Morgan fingerprint density at radius 3 is 1.86 bits per heavy atom. The Morgan fingerprint density at radius 1 is 0.841 bits per heavy atom. The number of ether oxygens (including phenoxy) is 1. The summed E-state index contributed by atoms with van der Waals surface area (Å²) < 4.78 is 35.4. The van der Waals surface area contributed by atoms with Gasteiger partial charge in [-0.25, -0.2) is 13.6 Å². The maximum Gasteiger partial charge on any atom is 0.410 e. The molecule has 11 heteroatoms. The first-order valence-corrected chi connectivity index (χ1v) is 14.7. The summed E-state index contributed by atoms with van der Waals surface area (Å²) >= 11 is 0.